The Morgan fingerprint density at radius 2 is 1.88 bits per heavy atom. The number of anilines is 2. The molecule has 4 N–H and O–H groups in total. The van der Waals surface area contributed by atoms with Crippen LogP contribution in [0.25, 0.3) is 10.9 Å². The molecule has 0 bridgehead atoms. The van der Waals surface area contributed by atoms with E-state index in [1.807, 2.05) is 6.07 Å². The van der Waals surface area contributed by atoms with E-state index >= 15 is 0 Å². The Balaban J connectivity index is 1.53. The van der Waals surface area contributed by atoms with E-state index in [4.69, 9.17) is 9.84 Å². The van der Waals surface area contributed by atoms with Crippen LogP contribution in [0.2, 0.25) is 0 Å². The van der Waals surface area contributed by atoms with Crippen LogP contribution < -0.4 is 15.4 Å². The van der Waals surface area contributed by atoms with Crippen molar-refractivity contribution in [3.63, 3.8) is 0 Å². The summed E-state index contributed by atoms with van der Waals surface area (Å²) in [6, 6.07) is 11.3. The van der Waals surface area contributed by atoms with E-state index in [1.165, 1.54) is 19.2 Å². The normalized spacial score (nSPS) is 15.7. The zero-order valence-corrected chi connectivity index (χ0v) is 24.2. The number of β-amino-alcohol motifs (C(OH)–C–C–N with tert-alkyl or cyclic N) is 1. The number of aromatic nitrogens is 1. The first-order valence-corrected chi connectivity index (χ1v) is 15.3. The van der Waals surface area contributed by atoms with Crippen molar-refractivity contribution in [3.8, 4) is 17.6 Å². The van der Waals surface area contributed by atoms with Crippen molar-refractivity contribution in [2.24, 2.45) is 0 Å². The second kappa shape index (κ2) is 13.2. The summed E-state index contributed by atoms with van der Waals surface area (Å²) < 4.78 is 70.8. The third kappa shape index (κ3) is 8.10. The highest BCUT2D eigenvalue weighted by Crippen LogP contribution is 2.32. The second-order valence-corrected chi connectivity index (χ2v) is 12.3. The standard InChI is InChI=1S/C29H35F3N4O5S/c1-41-28-16-23(42(2,39)40)8-9-26(28)33-12-4-5-21-15-24-25(6-3-7-27(24)36(21)19-29(30,31)32)34-20-10-13-35(14-11-20)17-22(38)18-37/h3,6-9,15-16,20,22,33-34,37-38H,10-14,17-19H2,1-2H3. The molecule has 42 heavy (non-hydrogen) atoms. The molecule has 9 nitrogen and oxygen atoms in total. The molecule has 1 aromatic heterocycles. The molecular weight excluding hydrogens is 573 g/mol. The fourth-order valence-corrected chi connectivity index (χ4v) is 5.66. The van der Waals surface area contributed by atoms with Gasteiger partial charge in [-0.15, -0.1) is 0 Å². The Hall–Kier alpha value is -3.44. The number of hydrogen-bond donors (Lipinski definition) is 4. The maximum absolute atomic E-state index is 13.6. The number of likely N-dealkylation sites (tertiary alicyclic amines) is 1. The van der Waals surface area contributed by atoms with Gasteiger partial charge in [-0.2, -0.15) is 13.2 Å². The van der Waals surface area contributed by atoms with E-state index in [1.54, 1.807) is 24.3 Å². The van der Waals surface area contributed by atoms with Crippen molar-refractivity contribution < 1.29 is 36.5 Å². The third-order valence-corrected chi connectivity index (χ3v) is 8.21. The minimum Gasteiger partial charge on any atom is -0.495 e. The number of rotatable bonds is 10. The summed E-state index contributed by atoms with van der Waals surface area (Å²) >= 11 is 0. The van der Waals surface area contributed by atoms with E-state index in [0.29, 0.717) is 28.9 Å². The number of piperidine rings is 1. The predicted molar refractivity (Wildman–Crippen MR) is 156 cm³/mol. The molecule has 0 spiro atoms. The first-order valence-electron chi connectivity index (χ1n) is 13.5. The number of nitrogens with one attached hydrogen (secondary N) is 2. The Morgan fingerprint density at radius 1 is 1.14 bits per heavy atom. The molecule has 0 aliphatic carbocycles. The number of aliphatic hydroxyl groups is 2. The van der Waals surface area contributed by atoms with Gasteiger partial charge in [0.25, 0.3) is 0 Å². The summed E-state index contributed by atoms with van der Waals surface area (Å²) in [5.41, 5.74) is 1.85. The van der Waals surface area contributed by atoms with Gasteiger partial charge in [0, 0.05) is 49.1 Å². The molecule has 1 fully saturated rings. The van der Waals surface area contributed by atoms with Crippen LogP contribution in [-0.2, 0) is 16.4 Å². The molecule has 2 heterocycles. The molecule has 1 saturated heterocycles. The first kappa shape index (κ1) is 31.5. The summed E-state index contributed by atoms with van der Waals surface area (Å²) in [6.45, 7) is 0.453. The van der Waals surface area contributed by atoms with Crippen molar-refractivity contribution in [3.05, 3.63) is 48.2 Å². The van der Waals surface area contributed by atoms with Crippen LogP contribution in [0.15, 0.2) is 47.4 Å². The average Bonchev–Trinajstić information content (AvgIpc) is 3.28. The average molecular weight is 609 g/mol. The SMILES string of the molecule is COc1cc(S(C)(=O)=O)ccc1NCC#Cc1cc2c(NC3CCN(CC(O)CO)CC3)cccc2n1CC(F)(F)F. The number of ether oxygens (including phenoxy) is 1. The fourth-order valence-electron chi connectivity index (χ4n) is 5.02. The molecule has 13 heteroatoms. The summed E-state index contributed by atoms with van der Waals surface area (Å²) in [5, 5.41) is 25.9. The van der Waals surface area contributed by atoms with Crippen LogP contribution in [0.5, 0.6) is 5.75 Å². The monoisotopic (exact) mass is 608 g/mol. The fraction of sp³-hybridized carbons (Fsp3) is 0.448. The van der Waals surface area contributed by atoms with Crippen molar-refractivity contribution in [2.75, 3.05) is 56.8 Å². The van der Waals surface area contributed by atoms with Gasteiger partial charge < -0.3 is 35.1 Å². The molecule has 1 aliphatic rings. The second-order valence-electron chi connectivity index (χ2n) is 10.3. The summed E-state index contributed by atoms with van der Waals surface area (Å²) in [5.74, 6) is 6.04. The number of hydrogen-bond acceptors (Lipinski definition) is 8. The van der Waals surface area contributed by atoms with Gasteiger partial charge in [-0.1, -0.05) is 12.0 Å². The molecule has 228 valence electrons. The highest BCUT2D eigenvalue weighted by molar-refractivity contribution is 7.90. The van der Waals surface area contributed by atoms with Gasteiger partial charge >= 0.3 is 6.18 Å². The largest absolute Gasteiger partial charge is 0.495 e. The molecule has 3 aromatic rings. The van der Waals surface area contributed by atoms with Crippen LogP contribution >= 0.6 is 0 Å². The van der Waals surface area contributed by atoms with E-state index in [9.17, 15) is 26.7 Å². The lowest BCUT2D eigenvalue weighted by Crippen LogP contribution is -2.43. The van der Waals surface area contributed by atoms with E-state index in [2.05, 4.69) is 27.4 Å². The van der Waals surface area contributed by atoms with Gasteiger partial charge in [-0.25, -0.2) is 8.42 Å². The van der Waals surface area contributed by atoms with E-state index in [-0.39, 0.29) is 29.8 Å². The topological polar surface area (TPSA) is 116 Å². The maximum Gasteiger partial charge on any atom is 0.406 e. The Morgan fingerprint density at radius 3 is 2.52 bits per heavy atom. The predicted octanol–water partition coefficient (Wildman–Crippen LogP) is 3.31. The molecular formula is C29H35F3N4O5S. The van der Waals surface area contributed by atoms with Crippen LogP contribution in [0.1, 0.15) is 18.5 Å². The zero-order valence-electron chi connectivity index (χ0n) is 23.4. The van der Waals surface area contributed by atoms with Crippen LogP contribution in [0.3, 0.4) is 0 Å². The van der Waals surface area contributed by atoms with E-state index < -0.39 is 28.7 Å². The van der Waals surface area contributed by atoms with Crippen molar-refractivity contribution in [2.45, 2.75) is 42.6 Å². The number of alkyl halides is 3. The van der Waals surface area contributed by atoms with Gasteiger partial charge in [0.05, 0.1) is 48.2 Å². The van der Waals surface area contributed by atoms with E-state index in [0.717, 1.165) is 42.4 Å². The number of methoxy groups -OCH3 is 1. The van der Waals surface area contributed by atoms with Gasteiger partial charge in [0.2, 0.25) is 0 Å². The van der Waals surface area contributed by atoms with Crippen LogP contribution in [-0.4, -0.2) is 92.6 Å². The molecule has 0 radical (unpaired) electrons. The van der Waals surface area contributed by atoms with Gasteiger partial charge in [0.1, 0.15) is 12.3 Å². The first-order chi connectivity index (χ1) is 19.9. The summed E-state index contributed by atoms with van der Waals surface area (Å²) in [7, 11) is -2.02. The Bertz CT molecular complexity index is 1550. The Labute approximate surface area is 243 Å². The van der Waals surface area contributed by atoms with Gasteiger partial charge in [-0.05, 0) is 49.1 Å². The number of aliphatic hydroxyl groups excluding tert-OH is 2. The molecule has 1 atom stereocenters. The Kier molecular flexibility index (Phi) is 9.93. The number of sulfone groups is 1. The molecule has 0 amide bonds. The highest BCUT2D eigenvalue weighted by Gasteiger charge is 2.30. The smallest absolute Gasteiger partial charge is 0.406 e. The van der Waals surface area contributed by atoms with Gasteiger partial charge in [-0.3, -0.25) is 0 Å². The maximum atomic E-state index is 13.6. The molecule has 4 rings (SSSR count). The highest BCUT2D eigenvalue weighted by atomic mass is 32.2. The van der Waals surface area contributed by atoms with Gasteiger partial charge in [0.15, 0.2) is 9.84 Å². The van der Waals surface area contributed by atoms with Crippen molar-refractivity contribution in [1.82, 2.24) is 9.47 Å². The lowest BCUT2D eigenvalue weighted by atomic mass is 10.0. The molecule has 1 aliphatic heterocycles. The number of halogens is 3. The van der Waals surface area contributed by atoms with Crippen molar-refractivity contribution in [1.29, 1.82) is 0 Å². The summed E-state index contributed by atoms with van der Waals surface area (Å²) in [6.07, 6.45) is -2.58. The lowest BCUT2D eigenvalue weighted by molar-refractivity contribution is -0.140. The minimum absolute atomic E-state index is 0.0801. The zero-order chi connectivity index (χ0) is 30.5. The van der Waals surface area contributed by atoms with Crippen LogP contribution in [0, 0.1) is 11.8 Å². The molecule has 1 unspecified atom stereocenters. The number of benzene rings is 2. The van der Waals surface area contributed by atoms with Crippen molar-refractivity contribution >= 4 is 32.1 Å². The summed E-state index contributed by atoms with van der Waals surface area (Å²) in [4.78, 5) is 2.18. The molecule has 2 aromatic carbocycles. The quantitative estimate of drug-likeness (QED) is 0.259. The number of fused-ring (bicyclic) bond motifs is 1. The van der Waals surface area contributed by atoms with Crippen LogP contribution in [0.4, 0.5) is 24.5 Å². The number of nitrogens with zero attached hydrogens (tertiary/aromatic N) is 2. The lowest BCUT2D eigenvalue weighted by Gasteiger charge is -2.33. The minimum atomic E-state index is -4.45. The molecule has 0 saturated carbocycles. The third-order valence-electron chi connectivity index (χ3n) is 7.09.